The van der Waals surface area contributed by atoms with Crippen molar-refractivity contribution in [1.29, 1.82) is 0 Å². The van der Waals surface area contributed by atoms with Crippen molar-refractivity contribution in [2.75, 3.05) is 18.8 Å². The molecule has 4 amide bonds. The van der Waals surface area contributed by atoms with Gasteiger partial charge < -0.3 is 16.4 Å². The van der Waals surface area contributed by atoms with E-state index in [0.717, 1.165) is 0 Å². The quantitative estimate of drug-likeness (QED) is 0.487. The highest BCUT2D eigenvalue weighted by Gasteiger charge is 2.29. The minimum atomic E-state index is -0.996. The predicted octanol–water partition coefficient (Wildman–Crippen LogP) is -0.751. The number of rotatable bonds is 2. The molecule has 5 N–H and O–H groups in total. The van der Waals surface area contributed by atoms with E-state index in [4.69, 9.17) is 11.5 Å². The first-order valence-corrected chi connectivity index (χ1v) is 7.18. The van der Waals surface area contributed by atoms with Crippen LogP contribution in [0.4, 0.5) is 5.69 Å². The second kappa shape index (κ2) is 6.91. The van der Waals surface area contributed by atoms with Crippen molar-refractivity contribution in [1.82, 2.24) is 10.2 Å². The van der Waals surface area contributed by atoms with E-state index in [9.17, 15) is 19.2 Å². The Balaban J connectivity index is 1.90. The average Bonchev–Trinajstić information content (AvgIpc) is 2.54. The Labute approximate surface area is 132 Å². The molecule has 23 heavy (non-hydrogen) atoms. The Morgan fingerprint density at radius 2 is 1.61 bits per heavy atom. The molecule has 0 aliphatic carbocycles. The number of nitrogen functional groups attached to an aromatic ring is 1. The summed E-state index contributed by atoms with van der Waals surface area (Å²) in [6.07, 6.45) is 0.834. The Morgan fingerprint density at radius 3 is 2.13 bits per heavy atom. The van der Waals surface area contributed by atoms with E-state index in [0.29, 0.717) is 18.5 Å². The van der Waals surface area contributed by atoms with Gasteiger partial charge in [0.15, 0.2) is 0 Å². The maximum atomic E-state index is 12.0. The second-order valence-electron chi connectivity index (χ2n) is 5.37. The number of nitrogens with one attached hydrogen (secondary N) is 1. The first-order valence-electron chi connectivity index (χ1n) is 7.18. The molecule has 0 spiro atoms. The van der Waals surface area contributed by atoms with Crippen molar-refractivity contribution < 1.29 is 19.2 Å². The number of hydrogen-bond acceptors (Lipinski definition) is 5. The van der Waals surface area contributed by atoms with Crippen molar-refractivity contribution in [3.63, 3.8) is 0 Å². The second-order valence-corrected chi connectivity index (χ2v) is 5.37. The van der Waals surface area contributed by atoms with Crippen molar-refractivity contribution >= 4 is 29.3 Å². The lowest BCUT2D eigenvalue weighted by molar-refractivity contribution is -0.146. The van der Waals surface area contributed by atoms with Gasteiger partial charge in [0.2, 0.25) is 5.91 Å². The van der Waals surface area contributed by atoms with Gasteiger partial charge in [0.25, 0.3) is 5.91 Å². The Morgan fingerprint density at radius 1 is 1.04 bits per heavy atom. The van der Waals surface area contributed by atoms with Gasteiger partial charge in [-0.05, 0) is 37.1 Å². The fourth-order valence-electron chi connectivity index (χ4n) is 2.37. The Hall–Kier alpha value is -2.90. The maximum Gasteiger partial charge on any atom is 0.316 e. The third-order valence-electron chi connectivity index (χ3n) is 3.78. The number of anilines is 1. The van der Waals surface area contributed by atoms with Gasteiger partial charge >= 0.3 is 11.8 Å². The summed E-state index contributed by atoms with van der Waals surface area (Å²) in [6.45, 7) is 0.520. The van der Waals surface area contributed by atoms with Crippen LogP contribution in [-0.2, 0) is 14.4 Å². The maximum absolute atomic E-state index is 12.0. The molecule has 1 aromatic rings. The van der Waals surface area contributed by atoms with Gasteiger partial charge in [0.1, 0.15) is 0 Å². The van der Waals surface area contributed by atoms with Crippen LogP contribution in [0.2, 0.25) is 0 Å². The summed E-state index contributed by atoms with van der Waals surface area (Å²) in [5.41, 5.74) is 11.4. The molecule has 1 saturated heterocycles. The van der Waals surface area contributed by atoms with Crippen molar-refractivity contribution in [3.8, 4) is 0 Å². The van der Waals surface area contributed by atoms with E-state index in [2.05, 4.69) is 0 Å². The summed E-state index contributed by atoms with van der Waals surface area (Å²) in [4.78, 5) is 48.2. The number of carbonyl (C=O) groups is 4. The first kappa shape index (κ1) is 16.5. The molecule has 1 aliphatic rings. The number of piperidine rings is 1. The number of imide groups is 1. The molecule has 0 aromatic heterocycles. The normalized spacial score (nSPS) is 15.0. The molecule has 0 radical (unpaired) electrons. The Bertz CT molecular complexity index is 633. The van der Waals surface area contributed by atoms with E-state index in [1.54, 1.807) is 0 Å². The van der Waals surface area contributed by atoms with Gasteiger partial charge in [0.05, 0.1) is 0 Å². The molecule has 8 nitrogen and oxygen atoms in total. The molecule has 1 heterocycles. The van der Waals surface area contributed by atoms with Crippen molar-refractivity contribution in [3.05, 3.63) is 29.8 Å². The smallest absolute Gasteiger partial charge is 0.316 e. The molecule has 0 bridgehead atoms. The zero-order valence-corrected chi connectivity index (χ0v) is 12.5. The summed E-state index contributed by atoms with van der Waals surface area (Å²) >= 11 is 0. The number of likely N-dealkylation sites (tertiary alicyclic amines) is 1. The highest BCUT2D eigenvalue weighted by Crippen LogP contribution is 2.16. The molecular weight excluding hydrogens is 300 g/mol. The van der Waals surface area contributed by atoms with E-state index >= 15 is 0 Å². The summed E-state index contributed by atoms with van der Waals surface area (Å²) < 4.78 is 0. The molecule has 1 aromatic carbocycles. The minimum absolute atomic E-state index is 0.229. The van der Waals surface area contributed by atoms with Crippen molar-refractivity contribution in [2.45, 2.75) is 12.8 Å². The van der Waals surface area contributed by atoms with Crippen LogP contribution < -0.4 is 16.8 Å². The molecule has 1 fully saturated rings. The van der Waals surface area contributed by atoms with E-state index in [-0.39, 0.29) is 24.6 Å². The topological polar surface area (TPSA) is 136 Å². The number of amides is 4. The average molecular weight is 318 g/mol. The number of nitrogens with two attached hydrogens (primary N) is 2. The van der Waals surface area contributed by atoms with Crippen LogP contribution >= 0.6 is 0 Å². The molecule has 0 atom stereocenters. The van der Waals surface area contributed by atoms with Crippen LogP contribution in [0.5, 0.6) is 0 Å². The van der Waals surface area contributed by atoms with Crippen LogP contribution in [0.25, 0.3) is 0 Å². The van der Waals surface area contributed by atoms with Gasteiger partial charge in [-0.15, -0.1) is 0 Å². The number of hydrogen-bond donors (Lipinski definition) is 3. The Kier molecular flexibility index (Phi) is 4.95. The van der Waals surface area contributed by atoms with E-state index < -0.39 is 23.6 Å². The molecule has 2 rings (SSSR count). The molecule has 122 valence electrons. The van der Waals surface area contributed by atoms with Crippen LogP contribution in [0.15, 0.2) is 24.3 Å². The largest absolute Gasteiger partial charge is 0.399 e. The number of carbonyl (C=O) groups excluding carboxylic acids is 4. The molecular formula is C15H18N4O4. The fourth-order valence-corrected chi connectivity index (χ4v) is 2.37. The van der Waals surface area contributed by atoms with Gasteiger partial charge in [0, 0.05) is 30.3 Å². The van der Waals surface area contributed by atoms with Gasteiger partial charge in [-0.25, -0.2) is 0 Å². The number of benzene rings is 1. The van der Waals surface area contributed by atoms with Crippen LogP contribution in [0.3, 0.4) is 0 Å². The SMILES string of the molecule is NC(=O)C1CCN(C(=O)C(=O)NC(=O)c2ccc(N)cc2)CC1. The lowest BCUT2D eigenvalue weighted by atomic mass is 9.96. The number of nitrogens with zero attached hydrogens (tertiary/aromatic N) is 1. The molecule has 8 heteroatoms. The number of primary amides is 1. The summed E-state index contributed by atoms with van der Waals surface area (Å²) in [7, 11) is 0. The van der Waals surface area contributed by atoms with Crippen LogP contribution in [-0.4, -0.2) is 41.6 Å². The zero-order valence-electron chi connectivity index (χ0n) is 12.5. The minimum Gasteiger partial charge on any atom is -0.399 e. The van der Waals surface area contributed by atoms with Crippen molar-refractivity contribution in [2.24, 2.45) is 11.7 Å². The highest BCUT2D eigenvalue weighted by atomic mass is 16.2. The summed E-state index contributed by atoms with van der Waals surface area (Å²) in [5, 5.41) is 2.05. The fraction of sp³-hybridized carbons (Fsp3) is 0.333. The lowest BCUT2D eigenvalue weighted by Crippen LogP contribution is -2.49. The van der Waals surface area contributed by atoms with Crippen LogP contribution in [0.1, 0.15) is 23.2 Å². The monoisotopic (exact) mass is 318 g/mol. The van der Waals surface area contributed by atoms with Gasteiger partial charge in [-0.2, -0.15) is 0 Å². The predicted molar refractivity (Wildman–Crippen MR) is 81.8 cm³/mol. The van der Waals surface area contributed by atoms with Gasteiger partial charge in [-0.1, -0.05) is 0 Å². The van der Waals surface area contributed by atoms with Gasteiger partial charge in [-0.3, -0.25) is 24.5 Å². The summed E-state index contributed by atoms with van der Waals surface area (Å²) in [5.74, 6) is -3.14. The third kappa shape index (κ3) is 4.06. The highest BCUT2D eigenvalue weighted by molar-refractivity contribution is 6.38. The summed E-state index contributed by atoms with van der Waals surface area (Å²) in [6, 6.07) is 5.97. The molecule has 0 saturated carbocycles. The standard InChI is InChI=1S/C15H18N4O4/c16-11-3-1-10(2-4-11)13(21)18-14(22)15(23)19-7-5-9(6-8-19)12(17)20/h1-4,9H,5-8,16H2,(H2,17,20)(H,18,21,22). The third-order valence-corrected chi connectivity index (χ3v) is 3.78. The van der Waals surface area contributed by atoms with E-state index in [1.807, 2.05) is 5.32 Å². The first-order chi connectivity index (χ1) is 10.9. The van der Waals surface area contributed by atoms with Crippen LogP contribution in [0, 0.1) is 5.92 Å². The molecule has 1 aliphatic heterocycles. The zero-order chi connectivity index (χ0) is 17.0. The lowest BCUT2D eigenvalue weighted by Gasteiger charge is -2.29. The molecule has 0 unspecified atom stereocenters. The van der Waals surface area contributed by atoms with E-state index in [1.165, 1.54) is 29.2 Å².